The normalized spacial score (nSPS) is 15.8. The maximum atomic E-state index is 12.8. The van der Waals surface area contributed by atoms with Crippen molar-refractivity contribution in [1.82, 2.24) is 4.31 Å². The van der Waals surface area contributed by atoms with Gasteiger partial charge in [-0.05, 0) is 36.6 Å². The number of rotatable bonds is 4. The van der Waals surface area contributed by atoms with E-state index in [1.807, 2.05) is 0 Å². The van der Waals surface area contributed by atoms with E-state index in [9.17, 15) is 18.3 Å². The Labute approximate surface area is 146 Å². The summed E-state index contributed by atoms with van der Waals surface area (Å²) in [7, 11) is -3.66. The van der Waals surface area contributed by atoms with Gasteiger partial charge in [0.05, 0.1) is 4.90 Å². The van der Waals surface area contributed by atoms with Crippen molar-refractivity contribution in [3.63, 3.8) is 0 Å². The Bertz CT molecular complexity index is 903. The number of benzene rings is 2. The quantitative estimate of drug-likeness (QED) is 0.874. The van der Waals surface area contributed by atoms with Gasteiger partial charge in [-0.3, -0.25) is 4.79 Å². The van der Waals surface area contributed by atoms with Gasteiger partial charge in [0.1, 0.15) is 5.75 Å². The molecule has 25 heavy (non-hydrogen) atoms. The fourth-order valence-electron chi connectivity index (χ4n) is 3.08. The Kier molecular flexibility index (Phi) is 4.78. The van der Waals surface area contributed by atoms with Crippen molar-refractivity contribution in [2.75, 3.05) is 13.1 Å². The van der Waals surface area contributed by atoms with Crippen molar-refractivity contribution in [2.45, 2.75) is 24.2 Å². The molecule has 2 aromatic carbocycles. The molecule has 1 fully saturated rings. The van der Waals surface area contributed by atoms with E-state index < -0.39 is 15.9 Å². The van der Waals surface area contributed by atoms with Crippen LogP contribution < -0.4 is 5.73 Å². The molecule has 7 heteroatoms. The number of nitrogens with two attached hydrogens (primary N) is 1. The molecular weight excluding hydrogens is 340 g/mol. The zero-order chi connectivity index (χ0) is 18.0. The minimum atomic E-state index is -3.66. The molecule has 1 aliphatic heterocycles. The van der Waals surface area contributed by atoms with Gasteiger partial charge < -0.3 is 10.8 Å². The lowest BCUT2D eigenvalue weighted by Gasteiger charge is -2.26. The van der Waals surface area contributed by atoms with Crippen LogP contribution in [0.15, 0.2) is 47.4 Å². The summed E-state index contributed by atoms with van der Waals surface area (Å²) in [6, 6.07) is 10.8. The lowest BCUT2D eigenvalue weighted by atomic mass is 9.98. The zero-order valence-electron chi connectivity index (χ0n) is 13.7. The molecule has 0 bridgehead atoms. The van der Waals surface area contributed by atoms with Gasteiger partial charge in [0.2, 0.25) is 15.9 Å². The van der Waals surface area contributed by atoms with Gasteiger partial charge in [-0.1, -0.05) is 30.7 Å². The predicted octanol–water partition coefficient (Wildman–Crippen LogP) is 2.33. The highest BCUT2D eigenvalue weighted by Crippen LogP contribution is 2.33. The number of amides is 1. The molecular formula is C18H20N2O4S. The molecule has 0 saturated carbocycles. The summed E-state index contributed by atoms with van der Waals surface area (Å²) >= 11 is 0. The van der Waals surface area contributed by atoms with Gasteiger partial charge in [-0.25, -0.2) is 8.42 Å². The summed E-state index contributed by atoms with van der Waals surface area (Å²) in [5.41, 5.74) is 6.37. The van der Waals surface area contributed by atoms with Crippen molar-refractivity contribution in [3.05, 3.63) is 48.0 Å². The second-order valence-corrected chi connectivity index (χ2v) is 7.99. The smallest absolute Gasteiger partial charge is 0.249 e. The van der Waals surface area contributed by atoms with Gasteiger partial charge in [-0.15, -0.1) is 0 Å². The number of hydrogen-bond donors (Lipinski definition) is 2. The minimum Gasteiger partial charge on any atom is -0.507 e. The number of phenolic OH excluding ortho intramolecular Hbond substituents is 1. The van der Waals surface area contributed by atoms with Crippen LogP contribution in [0.25, 0.3) is 11.1 Å². The number of carbonyl (C=O) groups excluding carboxylic acids is 1. The van der Waals surface area contributed by atoms with Crippen molar-refractivity contribution in [2.24, 2.45) is 5.73 Å². The van der Waals surface area contributed by atoms with Crippen molar-refractivity contribution >= 4 is 15.9 Å². The molecule has 3 rings (SSSR count). The molecule has 0 spiro atoms. The van der Waals surface area contributed by atoms with Crippen molar-refractivity contribution < 1.29 is 18.3 Å². The molecule has 0 aromatic heterocycles. The van der Waals surface area contributed by atoms with Crippen LogP contribution in [0.5, 0.6) is 5.75 Å². The number of piperidine rings is 1. The van der Waals surface area contributed by atoms with Crippen LogP contribution in [0.4, 0.5) is 0 Å². The largest absolute Gasteiger partial charge is 0.507 e. The van der Waals surface area contributed by atoms with Gasteiger partial charge in [0.25, 0.3) is 0 Å². The minimum absolute atomic E-state index is 0.00311. The molecule has 132 valence electrons. The molecule has 0 unspecified atom stereocenters. The van der Waals surface area contributed by atoms with E-state index >= 15 is 0 Å². The van der Waals surface area contributed by atoms with E-state index in [1.165, 1.54) is 28.6 Å². The van der Waals surface area contributed by atoms with Crippen LogP contribution in [0, 0.1) is 0 Å². The Balaban J connectivity index is 2.08. The number of hydrogen-bond acceptors (Lipinski definition) is 4. The maximum absolute atomic E-state index is 12.8. The zero-order valence-corrected chi connectivity index (χ0v) is 14.5. The van der Waals surface area contributed by atoms with Crippen LogP contribution >= 0.6 is 0 Å². The fraction of sp³-hybridized carbons (Fsp3) is 0.278. The molecule has 1 saturated heterocycles. The highest BCUT2D eigenvalue weighted by Gasteiger charge is 2.27. The number of para-hydroxylation sites is 1. The lowest BCUT2D eigenvalue weighted by Crippen LogP contribution is -2.35. The first kappa shape index (κ1) is 17.4. The average Bonchev–Trinajstić information content (AvgIpc) is 2.62. The van der Waals surface area contributed by atoms with Crippen LogP contribution in [0.1, 0.15) is 29.6 Å². The Hall–Kier alpha value is -2.38. The molecule has 1 aliphatic rings. The molecule has 1 amide bonds. The SMILES string of the molecule is NC(=O)c1cc(S(=O)(=O)N2CCCCC2)ccc1-c1ccccc1O. The molecule has 0 radical (unpaired) electrons. The van der Waals surface area contributed by atoms with E-state index in [2.05, 4.69) is 0 Å². The Morgan fingerprint density at radius 2 is 1.68 bits per heavy atom. The summed E-state index contributed by atoms with van der Waals surface area (Å²) in [4.78, 5) is 11.9. The molecule has 3 N–H and O–H groups in total. The third kappa shape index (κ3) is 3.38. The van der Waals surface area contributed by atoms with Gasteiger partial charge in [-0.2, -0.15) is 4.31 Å². The third-order valence-electron chi connectivity index (χ3n) is 4.40. The second-order valence-electron chi connectivity index (χ2n) is 6.05. The number of nitrogens with zero attached hydrogens (tertiary/aromatic N) is 1. The summed E-state index contributed by atoms with van der Waals surface area (Å²) in [6.07, 6.45) is 2.68. The third-order valence-corrected chi connectivity index (χ3v) is 6.30. The molecule has 2 aromatic rings. The summed E-state index contributed by atoms with van der Waals surface area (Å²) in [5, 5.41) is 10.0. The number of carbonyl (C=O) groups is 1. The maximum Gasteiger partial charge on any atom is 0.249 e. The van der Waals surface area contributed by atoms with Gasteiger partial charge in [0.15, 0.2) is 0 Å². The first-order valence-electron chi connectivity index (χ1n) is 8.13. The van der Waals surface area contributed by atoms with E-state index in [0.29, 0.717) is 24.2 Å². The second kappa shape index (κ2) is 6.85. The van der Waals surface area contributed by atoms with E-state index in [0.717, 1.165) is 19.3 Å². The summed E-state index contributed by atoms with van der Waals surface area (Å²) in [5.74, 6) is -0.745. The van der Waals surface area contributed by atoms with E-state index in [-0.39, 0.29) is 16.2 Å². The van der Waals surface area contributed by atoms with Crippen LogP contribution in [0.2, 0.25) is 0 Å². The fourth-order valence-corrected chi connectivity index (χ4v) is 4.62. The Morgan fingerprint density at radius 3 is 2.32 bits per heavy atom. The van der Waals surface area contributed by atoms with Crippen molar-refractivity contribution in [3.8, 4) is 16.9 Å². The first-order chi connectivity index (χ1) is 11.9. The van der Waals surface area contributed by atoms with Gasteiger partial charge in [0, 0.05) is 24.2 Å². The highest BCUT2D eigenvalue weighted by atomic mass is 32.2. The number of phenols is 1. The lowest BCUT2D eigenvalue weighted by molar-refractivity contribution is 0.100. The molecule has 6 nitrogen and oxygen atoms in total. The van der Waals surface area contributed by atoms with E-state index in [4.69, 9.17) is 5.73 Å². The topological polar surface area (TPSA) is 101 Å². The standard InChI is InChI=1S/C18H20N2O4S/c19-18(22)16-12-13(25(23,24)20-10-4-1-5-11-20)8-9-14(16)15-6-2-3-7-17(15)21/h2-3,6-9,12,21H,1,4-5,10-11H2,(H2,19,22). The summed E-state index contributed by atoms with van der Waals surface area (Å²) in [6.45, 7) is 0.963. The number of sulfonamides is 1. The molecule has 0 atom stereocenters. The average molecular weight is 360 g/mol. The van der Waals surface area contributed by atoms with Crippen LogP contribution in [-0.4, -0.2) is 36.8 Å². The van der Waals surface area contributed by atoms with Crippen LogP contribution in [-0.2, 0) is 10.0 Å². The first-order valence-corrected chi connectivity index (χ1v) is 9.57. The van der Waals surface area contributed by atoms with Crippen molar-refractivity contribution in [1.29, 1.82) is 0 Å². The highest BCUT2D eigenvalue weighted by molar-refractivity contribution is 7.89. The number of primary amides is 1. The van der Waals surface area contributed by atoms with Gasteiger partial charge >= 0.3 is 0 Å². The molecule has 1 heterocycles. The van der Waals surface area contributed by atoms with Crippen LogP contribution in [0.3, 0.4) is 0 Å². The Morgan fingerprint density at radius 1 is 1.00 bits per heavy atom. The summed E-state index contributed by atoms with van der Waals surface area (Å²) < 4.78 is 27.0. The molecule has 0 aliphatic carbocycles. The van der Waals surface area contributed by atoms with E-state index in [1.54, 1.807) is 18.2 Å². The number of aromatic hydroxyl groups is 1. The monoisotopic (exact) mass is 360 g/mol. The predicted molar refractivity (Wildman–Crippen MR) is 94.7 cm³/mol.